The van der Waals surface area contributed by atoms with Crippen LogP contribution in [0.3, 0.4) is 0 Å². The van der Waals surface area contributed by atoms with E-state index in [0.29, 0.717) is 44.0 Å². The zero-order valence-corrected chi connectivity index (χ0v) is 15.2. The van der Waals surface area contributed by atoms with E-state index in [0.717, 1.165) is 5.56 Å². The first kappa shape index (κ1) is 20.5. The van der Waals surface area contributed by atoms with Gasteiger partial charge in [0.2, 0.25) is 5.91 Å². The van der Waals surface area contributed by atoms with Crippen LogP contribution in [0.5, 0.6) is 11.5 Å². The van der Waals surface area contributed by atoms with Crippen LogP contribution in [0.4, 0.5) is 0 Å². The van der Waals surface area contributed by atoms with Gasteiger partial charge < -0.3 is 19.1 Å². The van der Waals surface area contributed by atoms with Gasteiger partial charge >= 0.3 is 5.97 Å². The molecular weight excluding hydrogens is 322 g/mol. The smallest absolute Gasteiger partial charge is 0.307 e. The molecule has 25 heavy (non-hydrogen) atoms. The number of nitrogens with zero attached hydrogens (tertiary/aromatic N) is 1. The molecule has 0 unspecified atom stereocenters. The number of methoxy groups -OCH3 is 2. The summed E-state index contributed by atoms with van der Waals surface area (Å²) >= 11 is 0. The van der Waals surface area contributed by atoms with Crippen LogP contribution in [-0.2, 0) is 20.7 Å². The molecule has 0 heterocycles. The Morgan fingerprint density at radius 2 is 1.88 bits per heavy atom. The van der Waals surface area contributed by atoms with E-state index in [9.17, 15) is 9.59 Å². The van der Waals surface area contributed by atoms with Crippen molar-refractivity contribution in [1.82, 2.24) is 4.90 Å². The fraction of sp³-hybridized carbons (Fsp3) is 0.474. The predicted molar refractivity (Wildman–Crippen MR) is 95.9 cm³/mol. The normalized spacial score (nSPS) is 10.0. The number of hydrogen-bond donors (Lipinski definition) is 0. The lowest BCUT2D eigenvalue weighted by atomic mass is 10.1. The van der Waals surface area contributed by atoms with E-state index in [1.54, 1.807) is 32.1 Å². The number of hydrogen-bond acceptors (Lipinski definition) is 5. The largest absolute Gasteiger partial charge is 0.493 e. The van der Waals surface area contributed by atoms with E-state index in [2.05, 4.69) is 6.58 Å². The van der Waals surface area contributed by atoms with Crippen LogP contribution in [0, 0.1) is 0 Å². The molecule has 0 saturated carbocycles. The molecule has 1 rings (SSSR count). The molecule has 6 nitrogen and oxygen atoms in total. The minimum Gasteiger partial charge on any atom is -0.493 e. The number of benzene rings is 1. The Morgan fingerprint density at radius 3 is 2.48 bits per heavy atom. The van der Waals surface area contributed by atoms with Crippen LogP contribution in [0.15, 0.2) is 30.9 Å². The molecule has 0 radical (unpaired) electrons. The molecule has 6 heteroatoms. The summed E-state index contributed by atoms with van der Waals surface area (Å²) in [6, 6.07) is 5.59. The summed E-state index contributed by atoms with van der Waals surface area (Å²) in [6.45, 7) is 6.50. The second-order valence-electron chi connectivity index (χ2n) is 5.37. The van der Waals surface area contributed by atoms with E-state index in [-0.39, 0.29) is 18.3 Å². The maximum absolute atomic E-state index is 12.4. The van der Waals surface area contributed by atoms with E-state index in [4.69, 9.17) is 14.2 Å². The Hall–Kier alpha value is -2.50. The van der Waals surface area contributed by atoms with Gasteiger partial charge in [0.1, 0.15) is 0 Å². The van der Waals surface area contributed by atoms with Gasteiger partial charge in [-0.05, 0) is 31.0 Å². The number of esters is 1. The highest BCUT2D eigenvalue weighted by Gasteiger charge is 2.15. The maximum Gasteiger partial charge on any atom is 0.307 e. The second kappa shape index (κ2) is 11.1. The van der Waals surface area contributed by atoms with Crippen molar-refractivity contribution in [2.24, 2.45) is 0 Å². The zero-order valence-electron chi connectivity index (χ0n) is 15.2. The molecule has 0 spiro atoms. The van der Waals surface area contributed by atoms with Crippen molar-refractivity contribution in [3.63, 3.8) is 0 Å². The minimum absolute atomic E-state index is 0.0287. The number of carbonyl (C=O) groups excluding carboxylic acids is 2. The van der Waals surface area contributed by atoms with Crippen molar-refractivity contribution >= 4 is 11.9 Å². The predicted octanol–water partition coefficient (Wildman–Crippen LogP) is 2.60. The molecule has 0 aliphatic heterocycles. The van der Waals surface area contributed by atoms with Crippen molar-refractivity contribution in [3.8, 4) is 11.5 Å². The first-order chi connectivity index (χ1) is 12.0. The summed E-state index contributed by atoms with van der Waals surface area (Å²) in [6.07, 6.45) is 2.75. The number of rotatable bonds is 11. The summed E-state index contributed by atoms with van der Waals surface area (Å²) in [7, 11) is 3.16. The number of ether oxygens (including phenoxy) is 3. The Kier molecular flexibility index (Phi) is 9.14. The lowest BCUT2D eigenvalue weighted by Gasteiger charge is -2.21. The molecule has 0 fully saturated rings. The lowest BCUT2D eigenvalue weighted by Crippen LogP contribution is -2.33. The van der Waals surface area contributed by atoms with Crippen molar-refractivity contribution in [1.29, 1.82) is 0 Å². The Labute approximate surface area is 149 Å². The fourth-order valence-corrected chi connectivity index (χ4v) is 2.38. The standard InChI is InChI=1S/C19H27NO5/c1-5-12-20(13-11-19(22)25-6-2)18(21)10-8-15-7-9-16(23-3)17(14-15)24-4/h5,7,9,14H,1,6,8,10-13H2,2-4H3. The van der Waals surface area contributed by atoms with E-state index >= 15 is 0 Å². The highest BCUT2D eigenvalue weighted by Crippen LogP contribution is 2.28. The molecule has 0 saturated heterocycles. The van der Waals surface area contributed by atoms with Crippen LogP contribution in [0.2, 0.25) is 0 Å². The fourth-order valence-electron chi connectivity index (χ4n) is 2.38. The van der Waals surface area contributed by atoms with Crippen molar-refractivity contribution in [2.45, 2.75) is 26.2 Å². The molecule has 0 aromatic heterocycles. The molecule has 0 aliphatic carbocycles. The number of amides is 1. The SMILES string of the molecule is C=CCN(CCC(=O)OCC)C(=O)CCc1ccc(OC)c(OC)c1. The van der Waals surface area contributed by atoms with Crippen LogP contribution in [-0.4, -0.2) is 50.7 Å². The topological polar surface area (TPSA) is 65.1 Å². The van der Waals surface area contributed by atoms with Gasteiger partial charge in [0.05, 0.1) is 27.2 Å². The van der Waals surface area contributed by atoms with Crippen molar-refractivity contribution < 1.29 is 23.8 Å². The highest BCUT2D eigenvalue weighted by atomic mass is 16.5. The summed E-state index contributed by atoms with van der Waals surface area (Å²) < 4.78 is 15.4. The molecule has 0 bridgehead atoms. The first-order valence-corrected chi connectivity index (χ1v) is 8.30. The highest BCUT2D eigenvalue weighted by molar-refractivity contribution is 5.77. The summed E-state index contributed by atoms with van der Waals surface area (Å²) in [5, 5.41) is 0. The number of aryl methyl sites for hydroxylation is 1. The Bertz CT molecular complexity index is 585. The zero-order chi connectivity index (χ0) is 18.7. The maximum atomic E-state index is 12.4. The van der Waals surface area contributed by atoms with Gasteiger partial charge in [0.15, 0.2) is 11.5 Å². The quantitative estimate of drug-likeness (QED) is 0.454. The monoisotopic (exact) mass is 349 g/mol. The molecule has 0 N–H and O–H groups in total. The van der Waals surface area contributed by atoms with Gasteiger partial charge in [0.25, 0.3) is 0 Å². The van der Waals surface area contributed by atoms with Gasteiger partial charge in [-0.3, -0.25) is 9.59 Å². The van der Waals surface area contributed by atoms with E-state index < -0.39 is 0 Å². The summed E-state index contributed by atoms with van der Waals surface area (Å²) in [5.74, 6) is 0.959. The van der Waals surface area contributed by atoms with Gasteiger partial charge in [-0.25, -0.2) is 0 Å². The molecule has 1 aromatic rings. The van der Waals surface area contributed by atoms with E-state index in [1.165, 1.54) is 0 Å². The molecular formula is C19H27NO5. The van der Waals surface area contributed by atoms with Gasteiger partial charge in [-0.2, -0.15) is 0 Å². The first-order valence-electron chi connectivity index (χ1n) is 8.30. The van der Waals surface area contributed by atoms with E-state index in [1.807, 2.05) is 18.2 Å². The summed E-state index contributed by atoms with van der Waals surface area (Å²) in [5.41, 5.74) is 0.981. The van der Waals surface area contributed by atoms with Crippen molar-refractivity contribution in [3.05, 3.63) is 36.4 Å². The lowest BCUT2D eigenvalue weighted by molar-refractivity contribution is -0.144. The Balaban J connectivity index is 2.61. The number of carbonyl (C=O) groups is 2. The van der Waals surface area contributed by atoms with Crippen molar-refractivity contribution in [2.75, 3.05) is 33.9 Å². The molecule has 1 amide bonds. The van der Waals surface area contributed by atoms with Crippen LogP contribution in [0.1, 0.15) is 25.3 Å². The molecule has 0 aliphatic rings. The Morgan fingerprint density at radius 1 is 1.16 bits per heavy atom. The van der Waals surface area contributed by atoms with Gasteiger partial charge in [-0.15, -0.1) is 6.58 Å². The molecule has 1 aromatic carbocycles. The average Bonchev–Trinajstić information content (AvgIpc) is 2.63. The average molecular weight is 349 g/mol. The molecule has 138 valence electrons. The van der Waals surface area contributed by atoms with Gasteiger partial charge in [0, 0.05) is 19.5 Å². The third-order valence-electron chi connectivity index (χ3n) is 3.67. The summed E-state index contributed by atoms with van der Waals surface area (Å²) in [4.78, 5) is 25.5. The third kappa shape index (κ3) is 6.87. The van der Waals surface area contributed by atoms with Crippen LogP contribution < -0.4 is 9.47 Å². The van der Waals surface area contributed by atoms with Crippen LogP contribution in [0.25, 0.3) is 0 Å². The molecule has 0 atom stereocenters. The van der Waals surface area contributed by atoms with Crippen LogP contribution >= 0.6 is 0 Å². The van der Waals surface area contributed by atoms with Gasteiger partial charge in [-0.1, -0.05) is 12.1 Å². The third-order valence-corrected chi connectivity index (χ3v) is 3.67. The minimum atomic E-state index is -0.302. The second-order valence-corrected chi connectivity index (χ2v) is 5.37.